The predicted molar refractivity (Wildman–Crippen MR) is 69.4 cm³/mol. The summed E-state index contributed by atoms with van der Waals surface area (Å²) in [5, 5.41) is 0. The van der Waals surface area contributed by atoms with Crippen LogP contribution >= 0.6 is 0 Å². The minimum atomic E-state index is -4.99. The van der Waals surface area contributed by atoms with E-state index in [9.17, 15) is 12.9 Å². The molecular formula is C13H19BF3O-. The van der Waals surface area contributed by atoms with E-state index in [0.717, 1.165) is 31.7 Å². The summed E-state index contributed by atoms with van der Waals surface area (Å²) in [7, 11) is 0. The largest absolute Gasteiger partial charge is 0.513 e. The van der Waals surface area contributed by atoms with Gasteiger partial charge in [-0.25, -0.2) is 0 Å². The number of para-hydroxylation sites is 1. The summed E-state index contributed by atoms with van der Waals surface area (Å²) in [4.78, 5) is 0. The van der Waals surface area contributed by atoms with Gasteiger partial charge in [0.05, 0.1) is 12.4 Å². The fourth-order valence-electron chi connectivity index (χ4n) is 1.77. The van der Waals surface area contributed by atoms with E-state index in [-0.39, 0.29) is 5.75 Å². The van der Waals surface area contributed by atoms with Crippen molar-refractivity contribution < 1.29 is 17.7 Å². The molecule has 0 aliphatic heterocycles. The third-order valence-corrected chi connectivity index (χ3v) is 2.78. The summed E-state index contributed by atoms with van der Waals surface area (Å²) in [5.74, 6) is -0.0412. The average Bonchev–Trinajstić information content (AvgIpc) is 2.33. The van der Waals surface area contributed by atoms with Crippen LogP contribution in [0.1, 0.15) is 39.0 Å². The quantitative estimate of drug-likeness (QED) is 0.504. The Morgan fingerprint density at radius 1 is 1.00 bits per heavy atom. The van der Waals surface area contributed by atoms with Crippen LogP contribution in [0.15, 0.2) is 24.3 Å². The van der Waals surface area contributed by atoms with Gasteiger partial charge in [-0.15, -0.1) is 0 Å². The summed E-state index contributed by atoms with van der Waals surface area (Å²) in [6.45, 7) is -2.52. The molecule has 0 aliphatic carbocycles. The van der Waals surface area contributed by atoms with E-state index >= 15 is 0 Å². The molecule has 0 heterocycles. The SMILES string of the molecule is CCCCCCCOc1ccccc1[B-](F)(F)F. The molecule has 18 heavy (non-hydrogen) atoms. The standard InChI is InChI=1S/C13H19BF3O/c1-2-3-4-5-8-11-18-13-10-7-6-9-12(13)14(15,16)17/h6-7,9-10H,2-5,8,11H2,1H3/q-1. The minimum absolute atomic E-state index is 0.0412. The number of hydrogen-bond acceptors (Lipinski definition) is 1. The summed E-state index contributed by atoms with van der Waals surface area (Å²) >= 11 is 0. The van der Waals surface area contributed by atoms with Crippen LogP contribution in [0.5, 0.6) is 5.75 Å². The van der Waals surface area contributed by atoms with Gasteiger partial charge in [-0.05, 0) is 12.5 Å². The molecule has 0 fully saturated rings. The number of unbranched alkanes of at least 4 members (excludes halogenated alkanes) is 4. The van der Waals surface area contributed by atoms with E-state index in [0.29, 0.717) is 6.61 Å². The first-order chi connectivity index (χ1) is 8.55. The van der Waals surface area contributed by atoms with E-state index < -0.39 is 12.4 Å². The third-order valence-electron chi connectivity index (χ3n) is 2.78. The molecule has 1 aromatic rings. The average molecular weight is 259 g/mol. The van der Waals surface area contributed by atoms with Crippen LogP contribution < -0.4 is 10.2 Å². The van der Waals surface area contributed by atoms with Gasteiger partial charge in [0.15, 0.2) is 0 Å². The summed E-state index contributed by atoms with van der Waals surface area (Å²) in [5.41, 5.74) is -0.633. The van der Waals surface area contributed by atoms with Crippen LogP contribution in [0.2, 0.25) is 0 Å². The zero-order valence-corrected chi connectivity index (χ0v) is 10.7. The maximum absolute atomic E-state index is 12.7. The summed E-state index contributed by atoms with van der Waals surface area (Å²) in [6, 6.07) is 5.42. The molecule has 0 N–H and O–H groups in total. The lowest BCUT2D eigenvalue weighted by Crippen LogP contribution is -2.35. The fraction of sp³-hybridized carbons (Fsp3) is 0.538. The van der Waals surface area contributed by atoms with Crippen LogP contribution in [0, 0.1) is 0 Å². The molecule has 0 aliphatic rings. The van der Waals surface area contributed by atoms with E-state index in [1.54, 1.807) is 6.07 Å². The lowest BCUT2D eigenvalue weighted by atomic mass is 9.79. The molecule has 0 bridgehead atoms. The van der Waals surface area contributed by atoms with E-state index in [1.165, 1.54) is 18.6 Å². The lowest BCUT2D eigenvalue weighted by molar-refractivity contribution is 0.305. The van der Waals surface area contributed by atoms with Crippen molar-refractivity contribution in [2.24, 2.45) is 0 Å². The van der Waals surface area contributed by atoms with Gasteiger partial charge in [-0.3, -0.25) is 0 Å². The van der Waals surface area contributed by atoms with Gasteiger partial charge in [0.25, 0.3) is 0 Å². The Bertz CT molecular complexity index is 352. The molecular weight excluding hydrogens is 240 g/mol. The van der Waals surface area contributed by atoms with Crippen molar-refractivity contribution in [1.82, 2.24) is 0 Å². The third kappa shape index (κ3) is 5.02. The second-order valence-electron chi connectivity index (χ2n) is 4.38. The molecule has 0 saturated carbocycles. The minimum Gasteiger partial charge on any atom is -0.497 e. The van der Waals surface area contributed by atoms with Gasteiger partial charge < -0.3 is 17.7 Å². The molecule has 0 saturated heterocycles. The maximum atomic E-state index is 12.7. The Kier molecular flexibility index (Phi) is 6.09. The second kappa shape index (κ2) is 7.34. The van der Waals surface area contributed by atoms with E-state index in [4.69, 9.17) is 4.74 Å². The fourth-order valence-corrected chi connectivity index (χ4v) is 1.77. The van der Waals surface area contributed by atoms with Crippen molar-refractivity contribution in [1.29, 1.82) is 0 Å². The number of ether oxygens (including phenoxy) is 1. The first-order valence-corrected chi connectivity index (χ1v) is 6.47. The molecule has 0 spiro atoms. The van der Waals surface area contributed by atoms with Gasteiger partial charge >= 0.3 is 6.98 Å². The molecule has 5 heteroatoms. The molecule has 0 amide bonds. The first-order valence-electron chi connectivity index (χ1n) is 6.47. The highest BCUT2D eigenvalue weighted by Gasteiger charge is 2.28. The number of hydrogen-bond donors (Lipinski definition) is 0. The molecule has 1 rings (SSSR count). The Morgan fingerprint density at radius 3 is 2.33 bits per heavy atom. The molecule has 102 valence electrons. The van der Waals surface area contributed by atoms with Gasteiger partial charge in [0, 0.05) is 0 Å². The topological polar surface area (TPSA) is 9.23 Å². The maximum Gasteiger partial charge on any atom is 0.513 e. The first kappa shape index (κ1) is 14.9. The lowest BCUT2D eigenvalue weighted by Gasteiger charge is -2.19. The summed E-state index contributed by atoms with van der Waals surface area (Å²) in [6.07, 6.45) is 5.25. The van der Waals surface area contributed by atoms with Crippen LogP contribution in [0.3, 0.4) is 0 Å². The highest BCUT2D eigenvalue weighted by atomic mass is 19.4. The van der Waals surface area contributed by atoms with Crippen molar-refractivity contribution >= 4 is 12.4 Å². The highest BCUT2D eigenvalue weighted by Crippen LogP contribution is 2.17. The predicted octanol–water partition coefficient (Wildman–Crippen LogP) is 4.09. The van der Waals surface area contributed by atoms with Gasteiger partial charge in [0.2, 0.25) is 0 Å². The molecule has 1 aromatic carbocycles. The van der Waals surface area contributed by atoms with Gasteiger partial charge in [-0.1, -0.05) is 56.3 Å². The van der Waals surface area contributed by atoms with Crippen molar-refractivity contribution in [3.8, 4) is 5.75 Å². The Balaban J connectivity index is 2.43. The molecule has 1 nitrogen and oxygen atoms in total. The smallest absolute Gasteiger partial charge is 0.497 e. The zero-order chi connectivity index (χ0) is 13.4. The Morgan fingerprint density at radius 2 is 1.67 bits per heavy atom. The van der Waals surface area contributed by atoms with Crippen LogP contribution in [-0.4, -0.2) is 13.6 Å². The van der Waals surface area contributed by atoms with E-state index in [2.05, 4.69) is 6.92 Å². The zero-order valence-electron chi connectivity index (χ0n) is 10.7. The van der Waals surface area contributed by atoms with Crippen molar-refractivity contribution in [3.05, 3.63) is 24.3 Å². The monoisotopic (exact) mass is 259 g/mol. The second-order valence-corrected chi connectivity index (χ2v) is 4.38. The summed E-state index contributed by atoms with van der Waals surface area (Å²) < 4.78 is 43.4. The van der Waals surface area contributed by atoms with Crippen molar-refractivity contribution in [2.45, 2.75) is 39.0 Å². The molecule has 0 unspecified atom stereocenters. The normalized spacial score (nSPS) is 11.6. The van der Waals surface area contributed by atoms with Gasteiger partial charge in [-0.2, -0.15) is 0 Å². The van der Waals surface area contributed by atoms with Crippen molar-refractivity contribution in [2.75, 3.05) is 6.61 Å². The van der Waals surface area contributed by atoms with Crippen molar-refractivity contribution in [3.63, 3.8) is 0 Å². The number of benzene rings is 1. The Labute approximate surface area is 106 Å². The number of halogens is 3. The molecule has 0 atom stereocenters. The highest BCUT2D eigenvalue weighted by molar-refractivity contribution is 6.74. The number of rotatable bonds is 8. The molecule has 0 radical (unpaired) electrons. The van der Waals surface area contributed by atoms with Crippen LogP contribution in [0.4, 0.5) is 12.9 Å². The van der Waals surface area contributed by atoms with Crippen LogP contribution in [0.25, 0.3) is 0 Å². The van der Waals surface area contributed by atoms with Crippen LogP contribution in [-0.2, 0) is 0 Å². The molecule has 0 aromatic heterocycles. The van der Waals surface area contributed by atoms with Gasteiger partial charge in [0.1, 0.15) is 0 Å². The Hall–Kier alpha value is -1.13. The van der Waals surface area contributed by atoms with E-state index in [1.807, 2.05) is 0 Å².